The maximum atomic E-state index is 11.6. The van der Waals surface area contributed by atoms with Crippen LogP contribution in [0, 0.1) is 13.8 Å². The van der Waals surface area contributed by atoms with E-state index >= 15 is 0 Å². The van der Waals surface area contributed by atoms with Crippen LogP contribution < -0.4 is 11.1 Å². The van der Waals surface area contributed by atoms with Gasteiger partial charge in [0.15, 0.2) is 0 Å². The third kappa shape index (κ3) is 4.34. The van der Waals surface area contributed by atoms with Crippen molar-refractivity contribution >= 4 is 24.0 Å². The number of rotatable bonds is 4. The standard InChI is InChI=1S/C12H18N2O2.ClH/c1-8-5-4-6-11(9(8)2)14-12(15)10(13)7-16-3;/h4-6,10H,7,13H2,1-3H3,(H,14,15);1H. The normalized spacial score (nSPS) is 11.5. The van der Waals surface area contributed by atoms with E-state index in [2.05, 4.69) is 5.32 Å². The highest BCUT2D eigenvalue weighted by Crippen LogP contribution is 2.17. The first-order valence-electron chi connectivity index (χ1n) is 5.18. The van der Waals surface area contributed by atoms with Gasteiger partial charge in [0.05, 0.1) is 6.61 Å². The first kappa shape index (κ1) is 15.9. The number of carbonyl (C=O) groups is 1. The summed E-state index contributed by atoms with van der Waals surface area (Å²) in [6.07, 6.45) is 0. The van der Waals surface area contributed by atoms with Crippen LogP contribution in [-0.2, 0) is 9.53 Å². The Bertz CT molecular complexity index is 383. The van der Waals surface area contributed by atoms with Crippen molar-refractivity contribution in [3.8, 4) is 0 Å². The van der Waals surface area contributed by atoms with E-state index in [-0.39, 0.29) is 24.9 Å². The number of ether oxygens (including phenoxy) is 1. The summed E-state index contributed by atoms with van der Waals surface area (Å²) >= 11 is 0. The molecule has 1 amide bonds. The summed E-state index contributed by atoms with van der Waals surface area (Å²) in [5.41, 5.74) is 8.62. The molecule has 0 heterocycles. The Kier molecular flexibility index (Phi) is 6.80. The maximum Gasteiger partial charge on any atom is 0.243 e. The fourth-order valence-corrected chi connectivity index (χ4v) is 1.37. The van der Waals surface area contributed by atoms with Crippen molar-refractivity contribution in [1.82, 2.24) is 0 Å². The van der Waals surface area contributed by atoms with Crippen LogP contribution in [0.15, 0.2) is 18.2 Å². The molecule has 0 aliphatic carbocycles. The molecular formula is C12H19ClN2O2. The highest BCUT2D eigenvalue weighted by atomic mass is 35.5. The largest absolute Gasteiger partial charge is 0.383 e. The van der Waals surface area contributed by atoms with Gasteiger partial charge in [-0.25, -0.2) is 0 Å². The molecule has 1 unspecified atom stereocenters. The van der Waals surface area contributed by atoms with E-state index in [9.17, 15) is 4.79 Å². The van der Waals surface area contributed by atoms with Crippen LogP contribution in [0.3, 0.4) is 0 Å². The molecule has 0 saturated carbocycles. The number of amides is 1. The highest BCUT2D eigenvalue weighted by Gasteiger charge is 2.14. The summed E-state index contributed by atoms with van der Waals surface area (Å²) in [6.45, 7) is 4.18. The molecule has 1 aromatic rings. The average molecular weight is 259 g/mol. The average Bonchev–Trinajstić information content (AvgIpc) is 2.25. The Hall–Kier alpha value is -1.10. The zero-order valence-electron chi connectivity index (χ0n) is 10.3. The smallest absolute Gasteiger partial charge is 0.243 e. The fourth-order valence-electron chi connectivity index (χ4n) is 1.37. The maximum absolute atomic E-state index is 11.6. The molecule has 3 N–H and O–H groups in total. The molecule has 0 aromatic heterocycles. The van der Waals surface area contributed by atoms with Crippen molar-refractivity contribution in [1.29, 1.82) is 0 Å². The van der Waals surface area contributed by atoms with Crippen LogP contribution in [0.2, 0.25) is 0 Å². The van der Waals surface area contributed by atoms with E-state index in [1.54, 1.807) is 0 Å². The molecule has 96 valence electrons. The quantitative estimate of drug-likeness (QED) is 0.863. The van der Waals surface area contributed by atoms with Gasteiger partial charge in [-0.2, -0.15) is 0 Å². The monoisotopic (exact) mass is 258 g/mol. The number of halogens is 1. The molecule has 0 aliphatic rings. The predicted molar refractivity (Wildman–Crippen MR) is 71.6 cm³/mol. The lowest BCUT2D eigenvalue weighted by Crippen LogP contribution is -2.39. The first-order chi connectivity index (χ1) is 7.56. The van der Waals surface area contributed by atoms with Crippen LogP contribution in [0.5, 0.6) is 0 Å². The molecule has 4 nitrogen and oxygen atoms in total. The van der Waals surface area contributed by atoms with Crippen LogP contribution in [0.25, 0.3) is 0 Å². The van der Waals surface area contributed by atoms with E-state index in [1.165, 1.54) is 7.11 Å². The summed E-state index contributed by atoms with van der Waals surface area (Å²) in [5.74, 6) is -0.226. The molecule has 0 fully saturated rings. The third-order valence-electron chi connectivity index (χ3n) is 2.55. The molecule has 0 bridgehead atoms. The van der Waals surface area contributed by atoms with Crippen LogP contribution >= 0.6 is 12.4 Å². The highest BCUT2D eigenvalue weighted by molar-refractivity contribution is 5.95. The molecule has 0 radical (unpaired) electrons. The Morgan fingerprint density at radius 1 is 1.47 bits per heavy atom. The molecular weight excluding hydrogens is 240 g/mol. The number of nitrogens with one attached hydrogen (secondary N) is 1. The minimum absolute atomic E-state index is 0. The SMILES string of the molecule is COCC(N)C(=O)Nc1cccc(C)c1C.Cl. The Labute approximate surface area is 108 Å². The van der Waals surface area contributed by atoms with E-state index < -0.39 is 6.04 Å². The Morgan fingerprint density at radius 3 is 2.71 bits per heavy atom. The van der Waals surface area contributed by atoms with Crippen molar-refractivity contribution in [2.45, 2.75) is 19.9 Å². The first-order valence-corrected chi connectivity index (χ1v) is 5.18. The molecule has 1 atom stereocenters. The molecule has 1 rings (SSSR count). The summed E-state index contributed by atoms with van der Waals surface area (Å²) in [7, 11) is 1.52. The second-order valence-electron chi connectivity index (χ2n) is 3.80. The van der Waals surface area contributed by atoms with Crippen molar-refractivity contribution in [2.24, 2.45) is 5.73 Å². The number of anilines is 1. The number of nitrogens with two attached hydrogens (primary N) is 1. The number of hydrogen-bond acceptors (Lipinski definition) is 3. The second-order valence-corrected chi connectivity index (χ2v) is 3.80. The van der Waals surface area contributed by atoms with Gasteiger partial charge in [-0.1, -0.05) is 12.1 Å². The summed E-state index contributed by atoms with van der Waals surface area (Å²) in [4.78, 5) is 11.6. The number of aryl methyl sites for hydroxylation is 1. The predicted octanol–water partition coefficient (Wildman–Crippen LogP) is 1.64. The lowest BCUT2D eigenvalue weighted by atomic mass is 10.1. The van der Waals surface area contributed by atoms with Gasteiger partial charge in [0, 0.05) is 12.8 Å². The van der Waals surface area contributed by atoms with Crippen molar-refractivity contribution in [3.63, 3.8) is 0 Å². The van der Waals surface area contributed by atoms with E-state index in [1.807, 2.05) is 32.0 Å². The second kappa shape index (κ2) is 7.27. The van der Waals surface area contributed by atoms with Crippen molar-refractivity contribution in [2.75, 3.05) is 19.0 Å². The molecule has 0 spiro atoms. The van der Waals surface area contributed by atoms with Crippen LogP contribution in [0.1, 0.15) is 11.1 Å². The molecule has 0 saturated heterocycles. The van der Waals surface area contributed by atoms with E-state index in [4.69, 9.17) is 10.5 Å². The van der Waals surface area contributed by atoms with Gasteiger partial charge < -0.3 is 15.8 Å². The Balaban J connectivity index is 0.00000256. The molecule has 0 aliphatic heterocycles. The summed E-state index contributed by atoms with van der Waals surface area (Å²) < 4.78 is 4.83. The van der Waals surface area contributed by atoms with Crippen LogP contribution in [-0.4, -0.2) is 25.7 Å². The lowest BCUT2D eigenvalue weighted by molar-refractivity contribution is -0.118. The Morgan fingerprint density at radius 2 is 2.12 bits per heavy atom. The number of methoxy groups -OCH3 is 1. The molecule has 5 heteroatoms. The molecule has 1 aromatic carbocycles. The van der Waals surface area contributed by atoms with E-state index in [0.29, 0.717) is 0 Å². The van der Waals surface area contributed by atoms with E-state index in [0.717, 1.165) is 16.8 Å². The fraction of sp³-hybridized carbons (Fsp3) is 0.417. The topological polar surface area (TPSA) is 64.3 Å². The number of carbonyl (C=O) groups excluding carboxylic acids is 1. The minimum Gasteiger partial charge on any atom is -0.383 e. The van der Waals surface area contributed by atoms with Gasteiger partial charge in [-0.15, -0.1) is 12.4 Å². The minimum atomic E-state index is -0.634. The lowest BCUT2D eigenvalue weighted by Gasteiger charge is -2.13. The van der Waals surface area contributed by atoms with Gasteiger partial charge in [-0.3, -0.25) is 4.79 Å². The zero-order chi connectivity index (χ0) is 12.1. The van der Waals surface area contributed by atoms with Gasteiger partial charge in [0.2, 0.25) is 5.91 Å². The number of hydrogen-bond donors (Lipinski definition) is 2. The van der Waals surface area contributed by atoms with Gasteiger partial charge >= 0.3 is 0 Å². The molecule has 17 heavy (non-hydrogen) atoms. The zero-order valence-corrected chi connectivity index (χ0v) is 11.1. The van der Waals surface area contributed by atoms with Gasteiger partial charge in [0.1, 0.15) is 6.04 Å². The van der Waals surface area contributed by atoms with Gasteiger partial charge in [0.25, 0.3) is 0 Å². The third-order valence-corrected chi connectivity index (χ3v) is 2.55. The van der Waals surface area contributed by atoms with Crippen molar-refractivity contribution < 1.29 is 9.53 Å². The van der Waals surface area contributed by atoms with Crippen LogP contribution in [0.4, 0.5) is 5.69 Å². The van der Waals surface area contributed by atoms with Crippen molar-refractivity contribution in [3.05, 3.63) is 29.3 Å². The summed E-state index contributed by atoms with van der Waals surface area (Å²) in [5, 5.41) is 2.79. The number of benzene rings is 1. The van der Waals surface area contributed by atoms with Gasteiger partial charge in [-0.05, 0) is 31.0 Å². The summed E-state index contributed by atoms with van der Waals surface area (Å²) in [6, 6.07) is 5.13.